The fourth-order valence-electron chi connectivity index (χ4n) is 2.70. The maximum atomic E-state index is 13.0. The third kappa shape index (κ3) is 4.10. The minimum absolute atomic E-state index is 0.193. The number of nitrogens with one attached hydrogen (secondary N) is 2. The van der Waals surface area contributed by atoms with Crippen LogP contribution < -0.4 is 10.9 Å². The summed E-state index contributed by atoms with van der Waals surface area (Å²) in [6.45, 7) is 0.387. The summed E-state index contributed by atoms with van der Waals surface area (Å²) in [5, 5.41) is 17.7. The van der Waals surface area contributed by atoms with Crippen LogP contribution in [0.25, 0.3) is 17.1 Å². The Morgan fingerprint density at radius 2 is 2.00 bits per heavy atom. The van der Waals surface area contributed by atoms with Crippen molar-refractivity contribution >= 4 is 5.91 Å². The Hall–Kier alpha value is -4.08. The summed E-state index contributed by atoms with van der Waals surface area (Å²) < 4.78 is 15.8. The molecule has 0 aliphatic rings. The Balaban J connectivity index is 1.39. The molecule has 4 aromatic rings. The molecule has 4 rings (SSSR count). The van der Waals surface area contributed by atoms with Crippen molar-refractivity contribution in [2.75, 3.05) is 6.54 Å². The van der Waals surface area contributed by atoms with Crippen LogP contribution in [0.4, 0.5) is 4.39 Å². The molecule has 2 N–H and O–H groups in total. The average Bonchev–Trinajstić information content (AvgIpc) is 3.42. The molecule has 10 heteroatoms. The van der Waals surface area contributed by atoms with Gasteiger partial charge in [-0.15, -0.1) is 5.10 Å². The van der Waals surface area contributed by atoms with Gasteiger partial charge in [0.25, 0.3) is 11.5 Å². The summed E-state index contributed by atoms with van der Waals surface area (Å²) >= 11 is 0. The number of rotatable bonds is 6. The number of benzene rings is 1. The van der Waals surface area contributed by atoms with Gasteiger partial charge < -0.3 is 5.32 Å². The van der Waals surface area contributed by atoms with Crippen molar-refractivity contribution in [3.63, 3.8) is 0 Å². The van der Waals surface area contributed by atoms with E-state index in [4.69, 9.17) is 0 Å². The van der Waals surface area contributed by atoms with Crippen molar-refractivity contribution in [2.24, 2.45) is 0 Å². The third-order valence-electron chi connectivity index (χ3n) is 4.16. The smallest absolute Gasteiger partial charge is 0.269 e. The SMILES string of the molecule is O=C(NCCn1nc(-n2cccn2)ccc1=O)c1cc(-c2ccc(F)cc2)n[nH]1. The molecule has 0 radical (unpaired) electrons. The van der Waals surface area contributed by atoms with E-state index < -0.39 is 0 Å². The van der Waals surface area contributed by atoms with E-state index in [0.717, 1.165) is 0 Å². The molecule has 0 atom stereocenters. The number of amides is 1. The molecule has 0 aliphatic carbocycles. The summed E-state index contributed by atoms with van der Waals surface area (Å²) in [6, 6.07) is 12.1. The lowest BCUT2D eigenvalue weighted by Gasteiger charge is -2.07. The molecule has 29 heavy (non-hydrogen) atoms. The summed E-state index contributed by atoms with van der Waals surface area (Å²) in [6.07, 6.45) is 3.33. The average molecular weight is 393 g/mol. The largest absolute Gasteiger partial charge is 0.349 e. The number of carbonyl (C=O) groups is 1. The molecule has 0 aliphatic heterocycles. The number of halogens is 1. The Labute approximate surface area is 163 Å². The summed E-state index contributed by atoms with van der Waals surface area (Å²) in [5.74, 6) is -0.219. The van der Waals surface area contributed by atoms with Gasteiger partial charge in [0.05, 0.1) is 12.2 Å². The highest BCUT2D eigenvalue weighted by atomic mass is 19.1. The summed E-state index contributed by atoms with van der Waals surface area (Å²) in [7, 11) is 0. The van der Waals surface area contributed by atoms with Crippen LogP contribution in [-0.4, -0.2) is 42.2 Å². The Kier molecular flexibility index (Phi) is 4.97. The van der Waals surface area contributed by atoms with Crippen LogP contribution in [0, 0.1) is 5.82 Å². The molecule has 0 saturated heterocycles. The van der Waals surface area contributed by atoms with Crippen molar-refractivity contribution < 1.29 is 9.18 Å². The molecule has 3 heterocycles. The predicted molar refractivity (Wildman–Crippen MR) is 102 cm³/mol. The fraction of sp³-hybridized carbons (Fsp3) is 0.105. The van der Waals surface area contributed by atoms with Crippen LogP contribution in [0.5, 0.6) is 0 Å². The van der Waals surface area contributed by atoms with Crippen molar-refractivity contribution in [1.82, 2.24) is 35.1 Å². The summed E-state index contributed by atoms with van der Waals surface area (Å²) in [4.78, 5) is 24.3. The number of carbonyl (C=O) groups excluding carboxylic acids is 1. The molecule has 0 spiro atoms. The molecule has 9 nitrogen and oxygen atoms in total. The van der Waals surface area contributed by atoms with E-state index in [1.807, 2.05) is 0 Å². The molecule has 1 aromatic carbocycles. The molecule has 0 fully saturated rings. The Morgan fingerprint density at radius 1 is 1.17 bits per heavy atom. The molecular formula is C19H16FN7O2. The zero-order valence-corrected chi connectivity index (χ0v) is 15.1. The summed E-state index contributed by atoms with van der Waals surface area (Å²) in [5.41, 5.74) is 1.19. The second-order valence-corrected chi connectivity index (χ2v) is 6.13. The van der Waals surface area contributed by atoms with Crippen LogP contribution >= 0.6 is 0 Å². The lowest BCUT2D eigenvalue weighted by atomic mass is 10.1. The standard InChI is InChI=1S/C19H16FN7O2/c20-14-4-2-13(3-5-14)15-12-16(24-23-15)19(29)21-9-11-27-18(28)7-6-17(25-27)26-10-1-8-22-26/h1-8,10,12H,9,11H2,(H,21,29)(H,23,24). The van der Waals surface area contributed by atoms with Crippen molar-refractivity contribution in [2.45, 2.75) is 6.54 Å². The van der Waals surface area contributed by atoms with Gasteiger partial charge in [-0.2, -0.15) is 10.2 Å². The number of hydrogen-bond donors (Lipinski definition) is 2. The second-order valence-electron chi connectivity index (χ2n) is 6.13. The first kappa shape index (κ1) is 18.3. The zero-order chi connectivity index (χ0) is 20.2. The number of hydrogen-bond acceptors (Lipinski definition) is 5. The van der Waals surface area contributed by atoms with Gasteiger partial charge in [-0.25, -0.2) is 13.8 Å². The van der Waals surface area contributed by atoms with Gasteiger partial charge in [-0.05, 0) is 42.5 Å². The predicted octanol–water partition coefficient (Wildman–Crippen LogP) is 1.39. The van der Waals surface area contributed by atoms with Crippen LogP contribution in [0.15, 0.2) is 65.7 Å². The molecule has 0 bridgehead atoms. The van der Waals surface area contributed by atoms with Crippen molar-refractivity contribution in [3.05, 3.63) is 82.8 Å². The molecule has 3 aromatic heterocycles. The molecule has 0 saturated carbocycles. The first-order chi connectivity index (χ1) is 14.1. The van der Waals surface area contributed by atoms with E-state index in [9.17, 15) is 14.0 Å². The highest BCUT2D eigenvalue weighted by Gasteiger charge is 2.11. The maximum Gasteiger partial charge on any atom is 0.269 e. The Morgan fingerprint density at radius 3 is 2.76 bits per heavy atom. The first-order valence-corrected chi connectivity index (χ1v) is 8.78. The highest BCUT2D eigenvalue weighted by Crippen LogP contribution is 2.17. The lowest BCUT2D eigenvalue weighted by Crippen LogP contribution is -2.32. The maximum absolute atomic E-state index is 13.0. The second kappa shape index (κ2) is 7.89. The monoisotopic (exact) mass is 393 g/mol. The van der Waals surface area contributed by atoms with E-state index in [0.29, 0.717) is 17.1 Å². The van der Waals surface area contributed by atoms with Crippen LogP contribution in [0.2, 0.25) is 0 Å². The number of nitrogens with zero attached hydrogens (tertiary/aromatic N) is 5. The third-order valence-corrected chi connectivity index (χ3v) is 4.16. The quantitative estimate of drug-likeness (QED) is 0.514. The van der Waals surface area contributed by atoms with Gasteiger partial charge in [0, 0.05) is 30.6 Å². The van der Waals surface area contributed by atoms with Gasteiger partial charge in [0.15, 0.2) is 5.82 Å². The highest BCUT2D eigenvalue weighted by molar-refractivity contribution is 5.93. The first-order valence-electron chi connectivity index (χ1n) is 8.78. The van der Waals surface area contributed by atoms with Gasteiger partial charge >= 0.3 is 0 Å². The number of aromatic amines is 1. The van der Waals surface area contributed by atoms with E-state index in [2.05, 4.69) is 25.7 Å². The topological polar surface area (TPSA) is 110 Å². The lowest BCUT2D eigenvalue weighted by molar-refractivity contribution is 0.0946. The van der Waals surface area contributed by atoms with E-state index in [-0.39, 0.29) is 36.1 Å². The van der Waals surface area contributed by atoms with E-state index in [1.54, 1.807) is 42.7 Å². The van der Waals surface area contributed by atoms with Crippen LogP contribution in [0.3, 0.4) is 0 Å². The van der Waals surface area contributed by atoms with Crippen molar-refractivity contribution in [3.8, 4) is 17.1 Å². The molecular weight excluding hydrogens is 377 g/mol. The fourth-order valence-corrected chi connectivity index (χ4v) is 2.70. The van der Waals surface area contributed by atoms with Crippen molar-refractivity contribution in [1.29, 1.82) is 0 Å². The van der Waals surface area contributed by atoms with E-state index in [1.165, 1.54) is 27.6 Å². The minimum Gasteiger partial charge on any atom is -0.349 e. The number of H-pyrrole nitrogens is 1. The van der Waals surface area contributed by atoms with Gasteiger partial charge in [-0.1, -0.05) is 0 Å². The zero-order valence-electron chi connectivity index (χ0n) is 15.1. The molecule has 1 amide bonds. The van der Waals surface area contributed by atoms with E-state index >= 15 is 0 Å². The van der Waals surface area contributed by atoms with Gasteiger partial charge in [-0.3, -0.25) is 14.7 Å². The minimum atomic E-state index is -0.373. The Bertz CT molecular complexity index is 1180. The van der Waals surface area contributed by atoms with Gasteiger partial charge in [0.2, 0.25) is 0 Å². The van der Waals surface area contributed by atoms with Crippen LogP contribution in [-0.2, 0) is 6.54 Å². The van der Waals surface area contributed by atoms with Gasteiger partial charge in [0.1, 0.15) is 11.5 Å². The van der Waals surface area contributed by atoms with Crippen LogP contribution in [0.1, 0.15) is 10.5 Å². The molecule has 146 valence electrons. The normalized spacial score (nSPS) is 10.8. The molecule has 0 unspecified atom stereocenters. The number of aromatic nitrogens is 6.